The van der Waals surface area contributed by atoms with Crippen molar-refractivity contribution < 1.29 is 0 Å². The number of aromatic nitrogens is 2. The molecule has 19 heavy (non-hydrogen) atoms. The zero-order valence-electron chi connectivity index (χ0n) is 12.7. The highest BCUT2D eigenvalue weighted by Gasteiger charge is 2.12. The van der Waals surface area contributed by atoms with Crippen LogP contribution in [0.4, 0.5) is 5.69 Å². The molecule has 0 saturated carbocycles. The van der Waals surface area contributed by atoms with Gasteiger partial charge in [0.25, 0.3) is 0 Å². The molecule has 0 bridgehead atoms. The highest BCUT2D eigenvalue weighted by molar-refractivity contribution is 5.49. The third-order valence-corrected chi connectivity index (χ3v) is 3.73. The standard InChI is InChI=1S/C16H23N3/c1-10-7-12(3)15(8-11(10)2)13(4)17-16-9-19(6)18-14(16)5/h7-9,13,17H,1-6H3. The predicted octanol–water partition coefficient (Wildman–Crippen LogP) is 3.83. The van der Waals surface area contributed by atoms with E-state index in [9.17, 15) is 0 Å². The van der Waals surface area contributed by atoms with Crippen molar-refractivity contribution in [3.8, 4) is 0 Å². The molecule has 0 spiro atoms. The molecule has 0 aliphatic carbocycles. The predicted molar refractivity (Wildman–Crippen MR) is 80.6 cm³/mol. The summed E-state index contributed by atoms with van der Waals surface area (Å²) in [6.07, 6.45) is 2.03. The van der Waals surface area contributed by atoms with E-state index in [4.69, 9.17) is 0 Å². The fourth-order valence-electron chi connectivity index (χ4n) is 2.50. The van der Waals surface area contributed by atoms with Gasteiger partial charge in [0.15, 0.2) is 0 Å². The first-order valence-electron chi connectivity index (χ1n) is 6.73. The normalized spacial score (nSPS) is 12.5. The molecule has 0 fully saturated rings. The molecule has 0 amide bonds. The topological polar surface area (TPSA) is 29.9 Å². The second kappa shape index (κ2) is 5.08. The Kier molecular flexibility index (Phi) is 3.65. The van der Waals surface area contributed by atoms with Crippen LogP contribution in [0.1, 0.15) is 40.9 Å². The Morgan fingerprint density at radius 2 is 1.68 bits per heavy atom. The molecule has 1 unspecified atom stereocenters. The molecule has 3 nitrogen and oxygen atoms in total. The van der Waals surface area contributed by atoms with Gasteiger partial charge in [0, 0.05) is 19.3 Å². The molecule has 0 aliphatic heterocycles. The van der Waals surface area contributed by atoms with Crippen LogP contribution in [0.25, 0.3) is 0 Å². The highest BCUT2D eigenvalue weighted by atomic mass is 15.3. The third-order valence-electron chi connectivity index (χ3n) is 3.73. The number of hydrogen-bond acceptors (Lipinski definition) is 2. The SMILES string of the molecule is Cc1cc(C)c(C(C)Nc2cn(C)nc2C)cc1C. The quantitative estimate of drug-likeness (QED) is 0.905. The molecule has 1 atom stereocenters. The van der Waals surface area contributed by atoms with Gasteiger partial charge in [-0.25, -0.2) is 0 Å². The van der Waals surface area contributed by atoms with E-state index in [-0.39, 0.29) is 6.04 Å². The zero-order chi connectivity index (χ0) is 14.2. The minimum absolute atomic E-state index is 0.280. The average molecular weight is 257 g/mol. The zero-order valence-corrected chi connectivity index (χ0v) is 12.7. The first-order valence-corrected chi connectivity index (χ1v) is 6.73. The maximum Gasteiger partial charge on any atom is 0.0825 e. The van der Waals surface area contributed by atoms with Gasteiger partial charge in [-0.05, 0) is 56.9 Å². The summed E-state index contributed by atoms with van der Waals surface area (Å²) in [6.45, 7) is 10.7. The molecule has 1 N–H and O–H groups in total. The summed E-state index contributed by atoms with van der Waals surface area (Å²) in [6, 6.07) is 4.83. The Labute approximate surface area is 115 Å². The van der Waals surface area contributed by atoms with Gasteiger partial charge < -0.3 is 5.32 Å². The fourth-order valence-corrected chi connectivity index (χ4v) is 2.50. The Morgan fingerprint density at radius 3 is 2.26 bits per heavy atom. The van der Waals surface area contributed by atoms with Crippen LogP contribution in [0.2, 0.25) is 0 Å². The van der Waals surface area contributed by atoms with E-state index in [1.165, 1.54) is 22.3 Å². The Bertz CT molecular complexity index is 596. The number of aryl methyl sites for hydroxylation is 5. The van der Waals surface area contributed by atoms with Gasteiger partial charge >= 0.3 is 0 Å². The van der Waals surface area contributed by atoms with Crippen LogP contribution in [0.15, 0.2) is 18.3 Å². The molecule has 2 aromatic rings. The van der Waals surface area contributed by atoms with Crippen LogP contribution < -0.4 is 5.32 Å². The lowest BCUT2D eigenvalue weighted by Crippen LogP contribution is -2.09. The van der Waals surface area contributed by atoms with E-state index in [2.05, 4.69) is 50.2 Å². The van der Waals surface area contributed by atoms with Crippen LogP contribution in [0.3, 0.4) is 0 Å². The summed E-state index contributed by atoms with van der Waals surface area (Å²) in [5, 5.41) is 7.92. The fraction of sp³-hybridized carbons (Fsp3) is 0.438. The largest absolute Gasteiger partial charge is 0.376 e. The third kappa shape index (κ3) is 2.80. The van der Waals surface area contributed by atoms with Gasteiger partial charge in [-0.2, -0.15) is 5.10 Å². The van der Waals surface area contributed by atoms with Crippen molar-refractivity contribution in [2.75, 3.05) is 5.32 Å². The summed E-state index contributed by atoms with van der Waals surface area (Å²) >= 11 is 0. The number of rotatable bonds is 3. The maximum absolute atomic E-state index is 4.37. The van der Waals surface area contributed by atoms with E-state index in [0.717, 1.165) is 11.4 Å². The van der Waals surface area contributed by atoms with Crippen LogP contribution in [-0.2, 0) is 7.05 Å². The molecule has 1 aromatic carbocycles. The summed E-state index contributed by atoms with van der Waals surface area (Å²) in [7, 11) is 1.95. The van der Waals surface area contributed by atoms with Crippen LogP contribution >= 0.6 is 0 Å². The highest BCUT2D eigenvalue weighted by Crippen LogP contribution is 2.25. The molecule has 0 saturated heterocycles. The molecule has 0 aliphatic rings. The van der Waals surface area contributed by atoms with Crippen molar-refractivity contribution in [3.63, 3.8) is 0 Å². The van der Waals surface area contributed by atoms with Crippen molar-refractivity contribution in [2.45, 2.75) is 40.7 Å². The lowest BCUT2D eigenvalue weighted by molar-refractivity contribution is 0.756. The number of benzene rings is 1. The molecule has 0 radical (unpaired) electrons. The van der Waals surface area contributed by atoms with Gasteiger partial charge in [0.05, 0.1) is 11.4 Å². The number of hydrogen-bond donors (Lipinski definition) is 1. The van der Waals surface area contributed by atoms with E-state index in [0.29, 0.717) is 0 Å². The second-order valence-electron chi connectivity index (χ2n) is 5.46. The summed E-state index contributed by atoms with van der Waals surface area (Å²) in [4.78, 5) is 0. The van der Waals surface area contributed by atoms with Crippen molar-refractivity contribution in [1.29, 1.82) is 0 Å². The second-order valence-corrected chi connectivity index (χ2v) is 5.46. The summed E-state index contributed by atoms with van der Waals surface area (Å²) < 4.78 is 1.84. The summed E-state index contributed by atoms with van der Waals surface area (Å²) in [5.74, 6) is 0. The smallest absolute Gasteiger partial charge is 0.0825 e. The van der Waals surface area contributed by atoms with Crippen LogP contribution in [-0.4, -0.2) is 9.78 Å². The van der Waals surface area contributed by atoms with Crippen molar-refractivity contribution in [1.82, 2.24) is 9.78 Å². The van der Waals surface area contributed by atoms with Gasteiger partial charge in [0.2, 0.25) is 0 Å². The van der Waals surface area contributed by atoms with Crippen LogP contribution in [0, 0.1) is 27.7 Å². The number of nitrogens with one attached hydrogen (secondary N) is 1. The Balaban J connectivity index is 2.27. The monoisotopic (exact) mass is 257 g/mol. The molecule has 102 valence electrons. The van der Waals surface area contributed by atoms with E-state index in [1.807, 2.05) is 24.9 Å². The first kappa shape index (κ1) is 13.7. The minimum atomic E-state index is 0.280. The van der Waals surface area contributed by atoms with Crippen LogP contribution in [0.5, 0.6) is 0 Å². The molecule has 1 heterocycles. The molecule has 2 rings (SSSR count). The van der Waals surface area contributed by atoms with Crippen molar-refractivity contribution >= 4 is 5.69 Å². The summed E-state index contributed by atoms with van der Waals surface area (Å²) in [5.41, 5.74) is 7.53. The van der Waals surface area contributed by atoms with Crippen molar-refractivity contribution in [2.24, 2.45) is 7.05 Å². The number of anilines is 1. The van der Waals surface area contributed by atoms with Gasteiger partial charge in [-0.1, -0.05) is 12.1 Å². The van der Waals surface area contributed by atoms with E-state index in [1.54, 1.807) is 0 Å². The van der Waals surface area contributed by atoms with Crippen molar-refractivity contribution in [3.05, 3.63) is 46.3 Å². The average Bonchev–Trinajstić information content (AvgIpc) is 2.62. The molecular weight excluding hydrogens is 234 g/mol. The minimum Gasteiger partial charge on any atom is -0.376 e. The van der Waals surface area contributed by atoms with E-state index < -0.39 is 0 Å². The van der Waals surface area contributed by atoms with Gasteiger partial charge in [-0.15, -0.1) is 0 Å². The number of nitrogens with zero attached hydrogens (tertiary/aromatic N) is 2. The lowest BCUT2D eigenvalue weighted by atomic mass is 9.96. The first-order chi connectivity index (χ1) is 8.88. The Hall–Kier alpha value is -1.77. The molecule has 1 aromatic heterocycles. The van der Waals surface area contributed by atoms with Gasteiger partial charge in [0.1, 0.15) is 0 Å². The Morgan fingerprint density at radius 1 is 1.05 bits per heavy atom. The lowest BCUT2D eigenvalue weighted by Gasteiger charge is -2.19. The van der Waals surface area contributed by atoms with Gasteiger partial charge in [-0.3, -0.25) is 4.68 Å². The van der Waals surface area contributed by atoms with E-state index >= 15 is 0 Å². The molecular formula is C16H23N3. The maximum atomic E-state index is 4.37. The molecule has 3 heteroatoms.